The predicted octanol–water partition coefficient (Wildman–Crippen LogP) is 3.83. The number of ether oxygens (including phenoxy) is 1. The maximum atomic E-state index is 13.2. The summed E-state index contributed by atoms with van der Waals surface area (Å²) in [5.41, 5.74) is 0.0109. The third-order valence-corrected chi connectivity index (χ3v) is 1.89. The molecular formula is C11H9F4O. The molecule has 1 rings (SSSR count). The van der Waals surface area contributed by atoms with Crippen LogP contribution in [0.4, 0.5) is 17.6 Å². The molecule has 0 amide bonds. The van der Waals surface area contributed by atoms with Gasteiger partial charge < -0.3 is 4.74 Å². The lowest BCUT2D eigenvalue weighted by Crippen LogP contribution is -2.17. The zero-order valence-corrected chi connectivity index (χ0v) is 8.22. The van der Waals surface area contributed by atoms with Crippen LogP contribution in [0.5, 0.6) is 5.75 Å². The molecule has 0 aliphatic rings. The lowest BCUT2D eigenvalue weighted by Gasteiger charge is -2.12. The summed E-state index contributed by atoms with van der Waals surface area (Å²) in [6.07, 6.45) is -3.46. The van der Waals surface area contributed by atoms with Gasteiger partial charge >= 0.3 is 6.36 Å². The van der Waals surface area contributed by atoms with Crippen LogP contribution in [0.25, 0.3) is 0 Å². The van der Waals surface area contributed by atoms with Crippen molar-refractivity contribution < 1.29 is 22.3 Å². The van der Waals surface area contributed by atoms with E-state index in [1.165, 1.54) is 6.08 Å². The second kappa shape index (κ2) is 4.55. The maximum Gasteiger partial charge on any atom is 0.573 e. The smallest absolute Gasteiger partial charge is 0.406 e. The molecule has 0 aliphatic carbocycles. The first-order valence-corrected chi connectivity index (χ1v) is 4.34. The highest BCUT2D eigenvalue weighted by molar-refractivity contribution is 5.34. The van der Waals surface area contributed by atoms with Crippen molar-refractivity contribution >= 4 is 0 Å². The Morgan fingerprint density at radius 2 is 1.94 bits per heavy atom. The van der Waals surface area contributed by atoms with Crippen molar-refractivity contribution in [1.29, 1.82) is 0 Å². The fourth-order valence-corrected chi connectivity index (χ4v) is 1.13. The van der Waals surface area contributed by atoms with Crippen LogP contribution in [0.2, 0.25) is 0 Å². The number of halogens is 4. The second-order valence-corrected chi connectivity index (χ2v) is 3.07. The molecule has 0 fully saturated rings. The van der Waals surface area contributed by atoms with Gasteiger partial charge in [0.15, 0.2) is 0 Å². The summed E-state index contributed by atoms with van der Waals surface area (Å²) in [7, 11) is 0. The van der Waals surface area contributed by atoms with Crippen LogP contribution in [0, 0.1) is 12.7 Å². The van der Waals surface area contributed by atoms with E-state index in [9.17, 15) is 17.6 Å². The quantitative estimate of drug-likeness (QED) is 0.569. The molecule has 0 bridgehead atoms. The standard InChI is InChI=1S/C11H9F4O/c1-3-7(2)9-6-8(4-5-10(9)12)16-11(13,14)15/h3-7H,1-2H2. The Bertz CT molecular complexity index is 384. The zero-order chi connectivity index (χ0) is 12.3. The van der Waals surface area contributed by atoms with Crippen LogP contribution in [0.1, 0.15) is 11.5 Å². The molecule has 0 saturated carbocycles. The summed E-state index contributed by atoms with van der Waals surface area (Å²) in [5, 5.41) is 0. The van der Waals surface area contributed by atoms with Gasteiger partial charge in [-0.1, -0.05) is 6.08 Å². The molecule has 0 aromatic heterocycles. The Morgan fingerprint density at radius 1 is 1.31 bits per heavy atom. The van der Waals surface area contributed by atoms with Crippen molar-refractivity contribution in [2.24, 2.45) is 0 Å². The molecule has 16 heavy (non-hydrogen) atoms. The summed E-state index contributed by atoms with van der Waals surface area (Å²) in [6.45, 7) is 6.92. The maximum absolute atomic E-state index is 13.2. The monoisotopic (exact) mass is 233 g/mol. The molecule has 1 nitrogen and oxygen atoms in total. The molecule has 0 spiro atoms. The van der Waals surface area contributed by atoms with Crippen molar-refractivity contribution in [2.75, 3.05) is 0 Å². The van der Waals surface area contributed by atoms with E-state index < -0.39 is 23.8 Å². The molecule has 0 N–H and O–H groups in total. The zero-order valence-electron chi connectivity index (χ0n) is 8.22. The number of alkyl halides is 3. The van der Waals surface area contributed by atoms with Gasteiger partial charge in [0.25, 0.3) is 0 Å². The van der Waals surface area contributed by atoms with Gasteiger partial charge in [0, 0.05) is 5.92 Å². The van der Waals surface area contributed by atoms with E-state index in [4.69, 9.17) is 0 Å². The SMILES string of the molecule is [CH2]C(C=C)c1cc(OC(F)(F)F)ccc1F. The lowest BCUT2D eigenvalue weighted by atomic mass is 10.0. The van der Waals surface area contributed by atoms with Gasteiger partial charge in [-0.05, 0) is 30.7 Å². The molecule has 0 aliphatic heterocycles. The van der Waals surface area contributed by atoms with E-state index >= 15 is 0 Å². The number of benzene rings is 1. The highest BCUT2D eigenvalue weighted by atomic mass is 19.4. The van der Waals surface area contributed by atoms with Crippen LogP contribution < -0.4 is 4.74 Å². The van der Waals surface area contributed by atoms with Gasteiger partial charge in [0.1, 0.15) is 11.6 Å². The molecule has 1 radical (unpaired) electrons. The first kappa shape index (κ1) is 12.5. The van der Waals surface area contributed by atoms with E-state index in [-0.39, 0.29) is 5.56 Å². The van der Waals surface area contributed by atoms with Crippen LogP contribution in [-0.2, 0) is 0 Å². The topological polar surface area (TPSA) is 9.23 Å². The van der Waals surface area contributed by atoms with Gasteiger partial charge in [-0.25, -0.2) is 4.39 Å². The normalized spacial score (nSPS) is 13.3. The van der Waals surface area contributed by atoms with Crippen molar-refractivity contribution in [3.8, 4) is 5.75 Å². The highest BCUT2D eigenvalue weighted by Gasteiger charge is 2.31. The van der Waals surface area contributed by atoms with E-state index in [2.05, 4.69) is 18.2 Å². The van der Waals surface area contributed by atoms with Gasteiger partial charge in [0.2, 0.25) is 0 Å². The average molecular weight is 233 g/mol. The second-order valence-electron chi connectivity index (χ2n) is 3.07. The van der Waals surface area contributed by atoms with Crippen molar-refractivity contribution in [3.63, 3.8) is 0 Å². The third-order valence-electron chi connectivity index (χ3n) is 1.89. The Kier molecular flexibility index (Phi) is 3.57. The van der Waals surface area contributed by atoms with E-state index in [1.807, 2.05) is 0 Å². The number of allylic oxidation sites excluding steroid dienone is 1. The molecule has 87 valence electrons. The van der Waals surface area contributed by atoms with Gasteiger partial charge in [-0.2, -0.15) is 0 Å². The van der Waals surface area contributed by atoms with E-state index in [0.29, 0.717) is 0 Å². The first-order chi connectivity index (χ1) is 7.33. The van der Waals surface area contributed by atoms with Gasteiger partial charge in [0.05, 0.1) is 0 Å². The summed E-state index contributed by atoms with van der Waals surface area (Å²) < 4.78 is 52.6. The minimum Gasteiger partial charge on any atom is -0.406 e. The Labute approximate surface area is 90.3 Å². The highest BCUT2D eigenvalue weighted by Crippen LogP contribution is 2.28. The van der Waals surface area contributed by atoms with Crippen LogP contribution in [-0.4, -0.2) is 6.36 Å². The minimum absolute atomic E-state index is 0.0109. The number of hydrogen-bond donors (Lipinski definition) is 0. The number of hydrogen-bond acceptors (Lipinski definition) is 1. The fraction of sp³-hybridized carbons (Fsp3) is 0.182. The summed E-state index contributed by atoms with van der Waals surface area (Å²) in [5.74, 6) is -1.74. The van der Waals surface area contributed by atoms with Gasteiger partial charge in [-0.15, -0.1) is 19.8 Å². The first-order valence-electron chi connectivity index (χ1n) is 4.34. The fourth-order valence-electron chi connectivity index (χ4n) is 1.13. The summed E-state index contributed by atoms with van der Waals surface area (Å²) >= 11 is 0. The van der Waals surface area contributed by atoms with Crippen LogP contribution in [0.3, 0.4) is 0 Å². The molecule has 0 saturated heterocycles. The predicted molar refractivity (Wildman–Crippen MR) is 51.4 cm³/mol. The minimum atomic E-state index is -4.79. The molecule has 1 aromatic carbocycles. The van der Waals surface area contributed by atoms with Crippen molar-refractivity contribution in [2.45, 2.75) is 12.3 Å². The Balaban J connectivity index is 3.03. The molecule has 0 heterocycles. The summed E-state index contributed by atoms with van der Waals surface area (Å²) in [6, 6.07) is 2.77. The van der Waals surface area contributed by atoms with Gasteiger partial charge in [-0.3, -0.25) is 0 Å². The third kappa shape index (κ3) is 3.25. The molecular weight excluding hydrogens is 224 g/mol. The molecule has 1 unspecified atom stereocenters. The average Bonchev–Trinajstić information content (AvgIpc) is 2.18. The lowest BCUT2D eigenvalue weighted by molar-refractivity contribution is -0.274. The van der Waals surface area contributed by atoms with E-state index in [1.54, 1.807) is 0 Å². The Hall–Kier alpha value is -1.52. The molecule has 1 atom stereocenters. The van der Waals surface area contributed by atoms with Crippen molar-refractivity contribution in [3.05, 3.63) is 49.2 Å². The van der Waals surface area contributed by atoms with Crippen LogP contribution in [0.15, 0.2) is 30.9 Å². The largest absolute Gasteiger partial charge is 0.573 e. The summed E-state index contributed by atoms with van der Waals surface area (Å²) in [4.78, 5) is 0. The van der Waals surface area contributed by atoms with Crippen LogP contribution >= 0.6 is 0 Å². The molecule has 5 heteroatoms. The van der Waals surface area contributed by atoms with E-state index in [0.717, 1.165) is 18.2 Å². The number of rotatable bonds is 3. The molecule has 1 aromatic rings. The Morgan fingerprint density at radius 3 is 2.44 bits per heavy atom. The van der Waals surface area contributed by atoms with Crippen molar-refractivity contribution in [1.82, 2.24) is 0 Å².